The molecule has 1 saturated heterocycles. The first kappa shape index (κ1) is 26.0. The van der Waals surface area contributed by atoms with Crippen LogP contribution in [0, 0.1) is 11.3 Å². The third kappa shape index (κ3) is 5.54. The van der Waals surface area contributed by atoms with Crippen molar-refractivity contribution >= 4 is 29.7 Å². The van der Waals surface area contributed by atoms with Gasteiger partial charge in [-0.3, -0.25) is 9.69 Å². The highest BCUT2D eigenvalue weighted by molar-refractivity contribution is 8.00. The topological polar surface area (TPSA) is 109 Å². The van der Waals surface area contributed by atoms with Crippen molar-refractivity contribution in [3.63, 3.8) is 0 Å². The number of carbonyl (C=O) groups is 3. The Hall–Kier alpha value is -4.03. The van der Waals surface area contributed by atoms with Crippen molar-refractivity contribution < 1.29 is 23.9 Å². The van der Waals surface area contributed by atoms with E-state index in [0.29, 0.717) is 5.57 Å². The lowest BCUT2D eigenvalue weighted by molar-refractivity contribution is -0.153. The molecule has 0 radical (unpaired) electrons. The molecule has 2 amide bonds. The van der Waals surface area contributed by atoms with Gasteiger partial charge in [0.05, 0.1) is 11.6 Å². The molecule has 2 aliphatic rings. The van der Waals surface area contributed by atoms with Crippen molar-refractivity contribution in [1.29, 1.82) is 5.26 Å². The number of rotatable bonds is 6. The summed E-state index contributed by atoms with van der Waals surface area (Å²) in [7, 11) is 0. The van der Waals surface area contributed by atoms with E-state index in [1.54, 1.807) is 20.8 Å². The average molecular weight is 518 g/mol. The van der Waals surface area contributed by atoms with Crippen LogP contribution in [-0.2, 0) is 19.1 Å². The predicted molar refractivity (Wildman–Crippen MR) is 139 cm³/mol. The van der Waals surface area contributed by atoms with E-state index in [1.165, 1.54) is 16.7 Å². The van der Waals surface area contributed by atoms with E-state index in [-0.39, 0.29) is 17.0 Å². The number of hydrogen-bond acceptors (Lipinski definition) is 7. The first-order valence-corrected chi connectivity index (χ1v) is 12.7. The third-order valence-corrected chi connectivity index (χ3v) is 7.04. The molecule has 2 aromatic carbocycles. The number of carbonyl (C=O) groups excluding carboxylic acids is 3. The molecule has 9 heteroatoms. The molecule has 37 heavy (non-hydrogen) atoms. The smallest absolute Gasteiger partial charge is 0.408 e. The molecule has 0 unspecified atom stereocenters. The first-order valence-electron chi connectivity index (χ1n) is 11.7. The summed E-state index contributed by atoms with van der Waals surface area (Å²) in [6.45, 7) is 8.95. The Morgan fingerprint density at radius 1 is 1.11 bits per heavy atom. The monoisotopic (exact) mass is 517 g/mol. The van der Waals surface area contributed by atoms with Gasteiger partial charge in [0.2, 0.25) is 0 Å². The number of benzene rings is 2. The normalized spacial score (nSPS) is 18.9. The lowest BCUT2D eigenvalue weighted by Gasteiger charge is -2.49. The van der Waals surface area contributed by atoms with Crippen molar-refractivity contribution in [3.05, 3.63) is 95.2 Å². The molecule has 2 heterocycles. The van der Waals surface area contributed by atoms with Gasteiger partial charge in [0.1, 0.15) is 22.7 Å². The summed E-state index contributed by atoms with van der Waals surface area (Å²) >= 11 is 1.33. The first-order chi connectivity index (χ1) is 17.6. The van der Waals surface area contributed by atoms with Crippen molar-refractivity contribution in [1.82, 2.24) is 10.2 Å². The molecule has 0 aromatic heterocycles. The lowest BCUT2D eigenvalue weighted by atomic mass is 9.99. The standard InChI is InChI=1S/C28H27N3O5S/c1-17(15-29)20-16-37-25-21(30-27(34)36-28(2,3)4)24(32)31(25)22(20)26(33)35-23(18-11-7-5-8-12-18)19-13-9-6-10-14-19/h5-14,21,23,25H,1,16H2,2-4H3,(H,30,34)/t21-,25-/m1/s1. The van der Waals surface area contributed by atoms with Crippen molar-refractivity contribution in [2.45, 2.75) is 43.9 Å². The number of hydrogen-bond donors (Lipinski definition) is 1. The summed E-state index contributed by atoms with van der Waals surface area (Å²) < 4.78 is 11.3. The number of amides is 2. The summed E-state index contributed by atoms with van der Waals surface area (Å²) in [4.78, 5) is 40.5. The largest absolute Gasteiger partial charge is 0.448 e. The number of ether oxygens (including phenoxy) is 2. The van der Waals surface area contributed by atoms with Crippen molar-refractivity contribution in [2.75, 3.05) is 5.75 Å². The molecule has 0 aliphatic carbocycles. The summed E-state index contributed by atoms with van der Waals surface area (Å²) in [6, 6.07) is 19.6. The molecular formula is C28H27N3O5S. The van der Waals surface area contributed by atoms with Gasteiger partial charge < -0.3 is 14.8 Å². The fraction of sp³-hybridized carbons (Fsp3) is 0.286. The number of alkyl carbamates (subject to hydrolysis) is 1. The van der Waals surface area contributed by atoms with E-state index in [1.807, 2.05) is 66.7 Å². The second-order valence-corrected chi connectivity index (χ2v) is 10.7. The van der Waals surface area contributed by atoms with Gasteiger partial charge in [0, 0.05) is 11.3 Å². The molecule has 0 saturated carbocycles. The van der Waals surface area contributed by atoms with Crippen molar-refractivity contribution in [3.8, 4) is 6.07 Å². The zero-order chi connectivity index (χ0) is 26.7. The van der Waals surface area contributed by atoms with E-state index in [2.05, 4.69) is 11.9 Å². The minimum atomic E-state index is -0.876. The van der Waals surface area contributed by atoms with E-state index >= 15 is 0 Å². The third-order valence-electron chi connectivity index (χ3n) is 5.76. The number of allylic oxidation sites excluding steroid dienone is 1. The second kappa shape index (κ2) is 10.5. The number of fused-ring (bicyclic) bond motifs is 1. The lowest BCUT2D eigenvalue weighted by Crippen LogP contribution is -2.70. The predicted octanol–water partition coefficient (Wildman–Crippen LogP) is 4.46. The molecule has 190 valence electrons. The van der Waals surface area contributed by atoms with Crippen LogP contribution in [0.2, 0.25) is 0 Å². The van der Waals surface area contributed by atoms with Crippen molar-refractivity contribution in [2.24, 2.45) is 0 Å². The molecule has 8 nitrogen and oxygen atoms in total. The second-order valence-electron chi connectivity index (χ2n) is 9.56. The van der Waals surface area contributed by atoms with Gasteiger partial charge in [0.25, 0.3) is 5.91 Å². The fourth-order valence-corrected chi connectivity index (χ4v) is 5.47. The average Bonchev–Trinajstić information content (AvgIpc) is 2.88. The van der Waals surface area contributed by atoms with Crippen LogP contribution in [0.3, 0.4) is 0 Å². The van der Waals surface area contributed by atoms with Gasteiger partial charge in [0.15, 0.2) is 6.10 Å². The highest BCUT2D eigenvalue weighted by Crippen LogP contribution is 2.43. The highest BCUT2D eigenvalue weighted by Gasteiger charge is 2.55. The molecular weight excluding hydrogens is 490 g/mol. The summed E-state index contributed by atoms with van der Waals surface area (Å²) in [5.41, 5.74) is 1.16. The van der Waals surface area contributed by atoms with E-state index in [9.17, 15) is 19.6 Å². The minimum Gasteiger partial charge on any atom is -0.448 e. The van der Waals surface area contributed by atoms with Gasteiger partial charge >= 0.3 is 12.1 Å². The highest BCUT2D eigenvalue weighted by atomic mass is 32.2. The molecule has 2 aromatic rings. The Bertz CT molecular complexity index is 1260. The Labute approximate surface area is 219 Å². The molecule has 1 fully saturated rings. The van der Waals surface area contributed by atoms with Crippen LogP contribution in [0.1, 0.15) is 38.0 Å². The van der Waals surface area contributed by atoms with Gasteiger partial charge in [-0.15, -0.1) is 11.8 Å². The molecule has 2 aliphatic heterocycles. The molecule has 1 N–H and O–H groups in total. The number of esters is 1. The Balaban J connectivity index is 1.64. The van der Waals surface area contributed by atoms with E-state index < -0.39 is 41.1 Å². The van der Waals surface area contributed by atoms with Crippen LogP contribution in [-0.4, -0.2) is 45.6 Å². The van der Waals surface area contributed by atoms with Gasteiger partial charge in [-0.1, -0.05) is 67.2 Å². The number of nitrogens with zero attached hydrogens (tertiary/aromatic N) is 2. The summed E-state index contributed by atoms with van der Waals surface area (Å²) in [6.07, 6.45) is -1.46. The maximum Gasteiger partial charge on any atom is 0.408 e. The van der Waals surface area contributed by atoms with Gasteiger partial charge in [-0.25, -0.2) is 9.59 Å². The number of nitriles is 1. The number of nitrogens with one attached hydrogen (secondary N) is 1. The Morgan fingerprint density at radius 2 is 1.68 bits per heavy atom. The zero-order valence-electron chi connectivity index (χ0n) is 20.8. The maximum atomic E-state index is 13.7. The SMILES string of the molecule is C=C(C#N)C1=C(C(=O)OC(c2ccccc2)c2ccccc2)N2C(=O)[C@@H](NC(=O)OC(C)(C)C)[C@H]2SC1. The molecule has 0 spiro atoms. The van der Waals surface area contributed by atoms with Crippen LogP contribution in [0.4, 0.5) is 4.79 Å². The summed E-state index contributed by atoms with van der Waals surface area (Å²) in [5, 5.41) is 11.6. The Kier molecular flexibility index (Phi) is 7.41. The van der Waals surface area contributed by atoms with Crippen LogP contribution >= 0.6 is 11.8 Å². The quantitative estimate of drug-likeness (QED) is 0.342. The number of β-lactam (4-membered cyclic amide) rings is 1. The van der Waals surface area contributed by atoms with E-state index in [0.717, 1.165) is 11.1 Å². The fourth-order valence-electron chi connectivity index (χ4n) is 4.09. The molecule has 0 bridgehead atoms. The maximum absolute atomic E-state index is 13.7. The molecule has 4 rings (SSSR count). The van der Waals surface area contributed by atoms with Gasteiger partial charge in [-0.2, -0.15) is 5.26 Å². The number of thioether (sulfide) groups is 1. The van der Waals surface area contributed by atoms with Crippen LogP contribution in [0.15, 0.2) is 84.1 Å². The molecule has 2 atom stereocenters. The van der Waals surface area contributed by atoms with Crippen LogP contribution < -0.4 is 5.32 Å². The van der Waals surface area contributed by atoms with Crippen LogP contribution in [0.25, 0.3) is 0 Å². The zero-order valence-corrected chi connectivity index (χ0v) is 21.6. The minimum absolute atomic E-state index is 0.0283. The van der Waals surface area contributed by atoms with E-state index in [4.69, 9.17) is 9.47 Å². The Morgan fingerprint density at radius 3 is 2.19 bits per heavy atom. The summed E-state index contributed by atoms with van der Waals surface area (Å²) in [5.74, 6) is -0.994. The van der Waals surface area contributed by atoms with Gasteiger partial charge in [-0.05, 0) is 31.9 Å². The van der Waals surface area contributed by atoms with Crippen LogP contribution in [0.5, 0.6) is 0 Å².